The number of rotatable bonds is 4. The molecule has 1 aliphatic rings. The molecule has 1 fully saturated rings. The second-order valence-corrected chi connectivity index (χ2v) is 5.05. The summed E-state index contributed by atoms with van der Waals surface area (Å²) in [5.74, 6) is -0.628. The number of amides is 1. The smallest absolute Gasteiger partial charge is 0.217 e. The monoisotopic (exact) mass is 266 g/mol. The number of hydrogen-bond donors (Lipinski definition) is 1. The van der Waals surface area contributed by atoms with Gasteiger partial charge in [-0.25, -0.2) is 4.39 Å². The summed E-state index contributed by atoms with van der Waals surface area (Å²) in [5, 5.41) is 0. The summed E-state index contributed by atoms with van der Waals surface area (Å²) < 4.78 is 19.0. The number of primary amides is 1. The van der Waals surface area contributed by atoms with Gasteiger partial charge in [-0.2, -0.15) is 0 Å². The number of nitrogens with two attached hydrogens (primary N) is 1. The molecule has 0 bridgehead atoms. The molecule has 0 saturated carbocycles. The molecule has 1 heterocycles. The molecule has 5 heteroatoms. The lowest BCUT2D eigenvalue weighted by molar-refractivity contribution is -0.128. The molecule has 1 aromatic rings. The van der Waals surface area contributed by atoms with E-state index in [0.717, 1.165) is 12.1 Å². The molecule has 0 radical (unpaired) electrons. The van der Waals surface area contributed by atoms with Gasteiger partial charge in [0.25, 0.3) is 0 Å². The summed E-state index contributed by atoms with van der Waals surface area (Å²) in [6, 6.07) is 6.27. The summed E-state index contributed by atoms with van der Waals surface area (Å²) in [5.41, 5.74) is 5.55. The first-order valence-corrected chi connectivity index (χ1v) is 6.39. The van der Waals surface area contributed by atoms with E-state index >= 15 is 0 Å². The molecule has 2 rings (SSSR count). The fraction of sp³-hybridized carbons (Fsp3) is 0.500. The lowest BCUT2D eigenvalue weighted by Gasteiger charge is -2.42. The molecule has 104 valence electrons. The Balaban J connectivity index is 2.27. The third-order valence-corrected chi connectivity index (χ3v) is 3.52. The van der Waals surface area contributed by atoms with Crippen LogP contribution in [-0.4, -0.2) is 37.6 Å². The van der Waals surface area contributed by atoms with Gasteiger partial charge in [0.2, 0.25) is 5.91 Å². The summed E-state index contributed by atoms with van der Waals surface area (Å²) in [4.78, 5) is 13.2. The van der Waals surface area contributed by atoms with Crippen LogP contribution in [0.25, 0.3) is 0 Å². The second kappa shape index (κ2) is 5.67. The molecule has 1 amide bonds. The number of benzene rings is 1. The van der Waals surface area contributed by atoms with Crippen molar-refractivity contribution in [2.24, 2.45) is 5.73 Å². The van der Waals surface area contributed by atoms with Crippen molar-refractivity contribution in [1.82, 2.24) is 4.90 Å². The largest absolute Gasteiger partial charge is 0.370 e. The number of hydrogen-bond acceptors (Lipinski definition) is 3. The van der Waals surface area contributed by atoms with Crippen molar-refractivity contribution in [2.45, 2.75) is 18.4 Å². The predicted octanol–water partition coefficient (Wildman–Crippen LogP) is 1.25. The van der Waals surface area contributed by atoms with Crippen molar-refractivity contribution in [1.29, 1.82) is 0 Å². The van der Waals surface area contributed by atoms with Crippen LogP contribution in [0.1, 0.15) is 18.4 Å². The molecule has 19 heavy (non-hydrogen) atoms. The van der Waals surface area contributed by atoms with E-state index in [4.69, 9.17) is 10.5 Å². The molecule has 0 aliphatic carbocycles. The van der Waals surface area contributed by atoms with E-state index in [0.29, 0.717) is 19.6 Å². The number of carbonyl (C=O) groups excluding carboxylic acids is 1. The van der Waals surface area contributed by atoms with Gasteiger partial charge in [-0.15, -0.1) is 0 Å². The lowest BCUT2D eigenvalue weighted by Crippen LogP contribution is -2.48. The molecular weight excluding hydrogens is 247 g/mol. The Morgan fingerprint density at radius 3 is 2.74 bits per heavy atom. The Kier molecular flexibility index (Phi) is 4.17. The minimum absolute atomic E-state index is 0.255. The van der Waals surface area contributed by atoms with E-state index in [1.54, 1.807) is 12.1 Å². The van der Waals surface area contributed by atoms with Crippen molar-refractivity contribution in [3.63, 3.8) is 0 Å². The third kappa shape index (κ3) is 3.30. The zero-order valence-electron chi connectivity index (χ0n) is 11.1. The summed E-state index contributed by atoms with van der Waals surface area (Å²) in [6.45, 7) is 2.11. The molecule has 1 aromatic carbocycles. The molecule has 0 spiro atoms. The Labute approximate surface area is 112 Å². The summed E-state index contributed by atoms with van der Waals surface area (Å²) in [6.07, 6.45) is 0.767. The van der Waals surface area contributed by atoms with Crippen molar-refractivity contribution in [3.05, 3.63) is 35.6 Å². The zero-order valence-corrected chi connectivity index (χ0v) is 11.1. The average molecular weight is 266 g/mol. The Morgan fingerprint density at radius 1 is 1.47 bits per heavy atom. The summed E-state index contributed by atoms with van der Waals surface area (Å²) >= 11 is 0. The molecular formula is C14H19FN2O2. The maximum atomic E-state index is 13.0. The van der Waals surface area contributed by atoms with Gasteiger partial charge in [-0.1, -0.05) is 12.1 Å². The van der Waals surface area contributed by atoms with Crippen molar-refractivity contribution in [2.75, 3.05) is 26.7 Å². The zero-order chi connectivity index (χ0) is 13.9. The van der Waals surface area contributed by atoms with Gasteiger partial charge >= 0.3 is 0 Å². The van der Waals surface area contributed by atoms with Gasteiger partial charge in [-0.3, -0.25) is 4.79 Å². The molecule has 1 saturated heterocycles. The number of halogens is 1. The molecule has 1 unspecified atom stereocenters. The van der Waals surface area contributed by atoms with Crippen molar-refractivity contribution < 1.29 is 13.9 Å². The Bertz CT molecular complexity index is 449. The van der Waals surface area contributed by atoms with E-state index < -0.39 is 5.60 Å². The number of nitrogens with zero attached hydrogens (tertiary/aromatic N) is 1. The van der Waals surface area contributed by atoms with E-state index in [2.05, 4.69) is 4.90 Å². The Hall–Kier alpha value is -1.46. The molecule has 4 nitrogen and oxygen atoms in total. The van der Waals surface area contributed by atoms with Crippen LogP contribution >= 0.6 is 0 Å². The predicted molar refractivity (Wildman–Crippen MR) is 70.0 cm³/mol. The minimum Gasteiger partial charge on any atom is -0.370 e. The highest BCUT2D eigenvalue weighted by Crippen LogP contribution is 2.34. The molecule has 1 aliphatic heterocycles. The van der Waals surface area contributed by atoms with Gasteiger partial charge < -0.3 is 15.4 Å². The normalized spacial score (nSPS) is 24.3. The topological polar surface area (TPSA) is 55.6 Å². The first kappa shape index (κ1) is 14.0. The van der Waals surface area contributed by atoms with E-state index in [-0.39, 0.29) is 18.1 Å². The van der Waals surface area contributed by atoms with Gasteiger partial charge in [-0.05, 0) is 31.2 Å². The lowest BCUT2D eigenvalue weighted by atomic mass is 9.87. The highest BCUT2D eigenvalue weighted by molar-refractivity contribution is 5.73. The first-order chi connectivity index (χ1) is 9.02. The van der Waals surface area contributed by atoms with Crippen LogP contribution in [0.4, 0.5) is 4.39 Å². The van der Waals surface area contributed by atoms with Gasteiger partial charge in [0.05, 0.1) is 6.61 Å². The van der Waals surface area contributed by atoms with Crippen molar-refractivity contribution >= 4 is 5.91 Å². The van der Waals surface area contributed by atoms with Crippen LogP contribution in [0.2, 0.25) is 0 Å². The number of ether oxygens (including phenoxy) is 1. The van der Waals surface area contributed by atoms with E-state index in [1.165, 1.54) is 12.1 Å². The maximum absolute atomic E-state index is 13.0. The maximum Gasteiger partial charge on any atom is 0.217 e. The highest BCUT2D eigenvalue weighted by Gasteiger charge is 2.37. The van der Waals surface area contributed by atoms with Gasteiger partial charge in [0.15, 0.2) is 0 Å². The average Bonchev–Trinajstić information content (AvgIpc) is 2.37. The van der Waals surface area contributed by atoms with Crippen LogP contribution in [0, 0.1) is 5.82 Å². The van der Waals surface area contributed by atoms with Crippen LogP contribution in [0.5, 0.6) is 0 Å². The molecule has 1 atom stereocenters. The first-order valence-electron chi connectivity index (χ1n) is 6.39. The van der Waals surface area contributed by atoms with E-state index in [9.17, 15) is 9.18 Å². The van der Waals surface area contributed by atoms with Crippen LogP contribution in [0.15, 0.2) is 24.3 Å². The second-order valence-electron chi connectivity index (χ2n) is 5.05. The van der Waals surface area contributed by atoms with Gasteiger partial charge in [0, 0.05) is 19.5 Å². The minimum atomic E-state index is -0.574. The van der Waals surface area contributed by atoms with Crippen molar-refractivity contribution in [3.8, 4) is 0 Å². The van der Waals surface area contributed by atoms with Crippen LogP contribution < -0.4 is 5.73 Å². The third-order valence-electron chi connectivity index (χ3n) is 3.52. The SMILES string of the molecule is CN1CCOC(CCC(N)=O)(c2ccc(F)cc2)C1. The van der Waals surface area contributed by atoms with Crippen LogP contribution in [0.3, 0.4) is 0 Å². The highest BCUT2D eigenvalue weighted by atomic mass is 19.1. The number of likely N-dealkylation sites (N-methyl/N-ethyl adjacent to an activating group) is 1. The van der Waals surface area contributed by atoms with E-state index in [1.807, 2.05) is 7.05 Å². The quantitative estimate of drug-likeness (QED) is 0.892. The van der Waals surface area contributed by atoms with Crippen LogP contribution in [-0.2, 0) is 15.1 Å². The summed E-state index contributed by atoms with van der Waals surface area (Å²) in [7, 11) is 2.01. The Morgan fingerprint density at radius 2 is 2.16 bits per heavy atom. The molecule has 0 aromatic heterocycles. The number of morpholine rings is 1. The standard InChI is InChI=1S/C14H19FN2O2/c1-17-8-9-19-14(10-17,7-6-13(16)18)11-2-4-12(15)5-3-11/h2-5H,6-10H2,1H3,(H2,16,18). The number of carbonyl (C=O) groups is 1. The van der Waals surface area contributed by atoms with Gasteiger partial charge in [0.1, 0.15) is 11.4 Å². The fourth-order valence-electron chi connectivity index (χ4n) is 2.51. The molecule has 2 N–H and O–H groups in total. The fourth-order valence-corrected chi connectivity index (χ4v) is 2.51.